The largest absolute Gasteiger partial charge is 0.493 e. The molecule has 2 aromatic carbocycles. The van der Waals surface area contributed by atoms with Gasteiger partial charge in [-0.3, -0.25) is 0 Å². The SMILES string of the molecule is CCc1nnc(NC(C)c2ccc(-c3ccccc3CN(C)C)s2)c2cc(OC)c(OC)cc12. The lowest BCUT2D eigenvalue weighted by Gasteiger charge is -2.17. The first kappa shape index (κ1) is 24.0. The molecule has 1 atom stereocenters. The number of ether oxygens (including phenoxy) is 2. The number of hydrogen-bond acceptors (Lipinski definition) is 7. The van der Waals surface area contributed by atoms with Gasteiger partial charge in [0.05, 0.1) is 26.0 Å². The molecule has 0 spiro atoms. The van der Waals surface area contributed by atoms with Gasteiger partial charge in [-0.05, 0) is 62.8 Å². The molecule has 0 amide bonds. The summed E-state index contributed by atoms with van der Waals surface area (Å²) in [6, 6.07) is 17.1. The summed E-state index contributed by atoms with van der Waals surface area (Å²) in [4.78, 5) is 4.71. The highest BCUT2D eigenvalue weighted by Crippen LogP contribution is 2.38. The number of benzene rings is 2. The second kappa shape index (κ2) is 10.4. The van der Waals surface area contributed by atoms with Crippen LogP contribution in [0.5, 0.6) is 11.5 Å². The number of fused-ring (bicyclic) bond motifs is 1. The van der Waals surface area contributed by atoms with Crippen LogP contribution in [0.25, 0.3) is 21.2 Å². The summed E-state index contributed by atoms with van der Waals surface area (Å²) >= 11 is 1.81. The zero-order valence-electron chi connectivity index (χ0n) is 20.7. The normalized spacial score (nSPS) is 12.2. The predicted octanol–water partition coefficient (Wildman–Crippen LogP) is 6.17. The van der Waals surface area contributed by atoms with Crippen molar-refractivity contribution >= 4 is 27.9 Å². The van der Waals surface area contributed by atoms with E-state index < -0.39 is 0 Å². The molecule has 1 N–H and O–H groups in total. The monoisotopic (exact) mass is 476 g/mol. The topological polar surface area (TPSA) is 59.5 Å². The van der Waals surface area contributed by atoms with Gasteiger partial charge in [0, 0.05) is 27.1 Å². The standard InChI is InChI=1S/C27H32N4O2S/c1-7-22-20-14-23(32-5)24(33-6)15-21(20)27(30-29-22)28-17(2)25-12-13-26(34-25)19-11-9-8-10-18(19)16-31(3)4/h8-15,17H,7,16H2,1-6H3,(H,28,30). The van der Waals surface area contributed by atoms with Gasteiger partial charge in [0.25, 0.3) is 0 Å². The summed E-state index contributed by atoms with van der Waals surface area (Å²) in [7, 11) is 7.50. The van der Waals surface area contributed by atoms with Crippen molar-refractivity contribution in [2.24, 2.45) is 0 Å². The fourth-order valence-electron chi connectivity index (χ4n) is 4.15. The third kappa shape index (κ3) is 4.86. The van der Waals surface area contributed by atoms with Crippen LogP contribution < -0.4 is 14.8 Å². The van der Waals surface area contributed by atoms with Crippen molar-refractivity contribution in [2.75, 3.05) is 33.6 Å². The first-order chi connectivity index (χ1) is 16.4. The summed E-state index contributed by atoms with van der Waals surface area (Å²) in [6.07, 6.45) is 0.787. The average Bonchev–Trinajstić information content (AvgIpc) is 3.33. The Bertz CT molecular complexity index is 1290. The molecule has 6 nitrogen and oxygen atoms in total. The fourth-order valence-corrected chi connectivity index (χ4v) is 5.22. The molecule has 0 saturated carbocycles. The van der Waals surface area contributed by atoms with E-state index in [1.165, 1.54) is 20.9 Å². The van der Waals surface area contributed by atoms with Gasteiger partial charge in [-0.25, -0.2) is 0 Å². The van der Waals surface area contributed by atoms with E-state index in [2.05, 4.69) is 84.8 Å². The lowest BCUT2D eigenvalue weighted by Crippen LogP contribution is -2.11. The maximum atomic E-state index is 5.55. The van der Waals surface area contributed by atoms with Crippen LogP contribution in [0.1, 0.15) is 36.0 Å². The van der Waals surface area contributed by atoms with Crippen LogP contribution >= 0.6 is 11.3 Å². The van der Waals surface area contributed by atoms with Crippen LogP contribution in [0.4, 0.5) is 5.82 Å². The Labute approximate surface area is 205 Å². The number of nitrogens with one attached hydrogen (secondary N) is 1. The number of anilines is 1. The number of methoxy groups -OCH3 is 2. The molecule has 0 radical (unpaired) electrons. The maximum Gasteiger partial charge on any atom is 0.161 e. The average molecular weight is 477 g/mol. The fraction of sp³-hybridized carbons (Fsp3) is 0.333. The van der Waals surface area contributed by atoms with Crippen molar-refractivity contribution in [3.05, 3.63) is 64.7 Å². The number of nitrogens with zero attached hydrogens (tertiary/aromatic N) is 3. The number of rotatable bonds is 9. The molecule has 0 aliphatic rings. The molecule has 178 valence electrons. The molecule has 0 fully saturated rings. The Morgan fingerprint density at radius 3 is 2.35 bits per heavy atom. The Morgan fingerprint density at radius 1 is 0.971 bits per heavy atom. The van der Waals surface area contributed by atoms with Gasteiger partial charge in [-0.15, -0.1) is 16.4 Å². The third-order valence-corrected chi connectivity index (χ3v) is 7.17. The first-order valence-electron chi connectivity index (χ1n) is 11.5. The highest BCUT2D eigenvalue weighted by Gasteiger charge is 2.17. The van der Waals surface area contributed by atoms with Gasteiger partial charge >= 0.3 is 0 Å². The highest BCUT2D eigenvalue weighted by molar-refractivity contribution is 7.15. The van der Waals surface area contributed by atoms with E-state index in [1.54, 1.807) is 14.2 Å². The molecule has 4 aromatic rings. The minimum absolute atomic E-state index is 0.0674. The minimum atomic E-state index is 0.0674. The molecule has 2 aromatic heterocycles. The van der Waals surface area contributed by atoms with E-state index in [0.717, 1.165) is 35.2 Å². The zero-order valence-corrected chi connectivity index (χ0v) is 21.5. The Kier molecular flexibility index (Phi) is 7.34. The third-order valence-electron chi connectivity index (χ3n) is 5.87. The molecule has 34 heavy (non-hydrogen) atoms. The summed E-state index contributed by atoms with van der Waals surface area (Å²) in [6.45, 7) is 5.15. The number of aryl methyl sites for hydroxylation is 1. The Balaban J connectivity index is 1.66. The van der Waals surface area contributed by atoms with Crippen molar-refractivity contribution in [2.45, 2.75) is 32.9 Å². The van der Waals surface area contributed by atoms with Gasteiger partial charge in [0.15, 0.2) is 17.3 Å². The van der Waals surface area contributed by atoms with E-state index >= 15 is 0 Å². The molecule has 0 aliphatic heterocycles. The van der Waals surface area contributed by atoms with Gasteiger partial charge in [0.1, 0.15) is 0 Å². The van der Waals surface area contributed by atoms with E-state index in [1.807, 2.05) is 23.5 Å². The van der Waals surface area contributed by atoms with Crippen molar-refractivity contribution in [1.29, 1.82) is 0 Å². The quantitative estimate of drug-likeness (QED) is 0.312. The van der Waals surface area contributed by atoms with E-state index in [-0.39, 0.29) is 6.04 Å². The Hall–Kier alpha value is -3.16. The molecular formula is C27H32N4O2S. The lowest BCUT2D eigenvalue weighted by atomic mass is 10.1. The van der Waals surface area contributed by atoms with E-state index in [4.69, 9.17) is 9.47 Å². The van der Waals surface area contributed by atoms with Crippen LogP contribution in [-0.2, 0) is 13.0 Å². The van der Waals surface area contributed by atoms with Crippen molar-refractivity contribution in [1.82, 2.24) is 15.1 Å². The molecule has 0 bridgehead atoms. The van der Waals surface area contributed by atoms with Gasteiger partial charge in [0.2, 0.25) is 0 Å². The second-order valence-electron chi connectivity index (χ2n) is 8.56. The number of aromatic nitrogens is 2. The van der Waals surface area contributed by atoms with Crippen LogP contribution in [0.15, 0.2) is 48.5 Å². The molecule has 0 saturated heterocycles. The highest BCUT2D eigenvalue weighted by atomic mass is 32.1. The van der Waals surface area contributed by atoms with E-state index in [0.29, 0.717) is 11.5 Å². The van der Waals surface area contributed by atoms with Gasteiger partial charge in [-0.2, -0.15) is 5.10 Å². The van der Waals surface area contributed by atoms with Crippen molar-refractivity contribution in [3.63, 3.8) is 0 Å². The Morgan fingerprint density at radius 2 is 1.68 bits per heavy atom. The van der Waals surface area contributed by atoms with Crippen molar-refractivity contribution in [3.8, 4) is 21.9 Å². The summed E-state index contributed by atoms with van der Waals surface area (Å²) in [5.74, 6) is 2.11. The predicted molar refractivity (Wildman–Crippen MR) is 141 cm³/mol. The molecule has 0 aliphatic carbocycles. The molecule has 7 heteroatoms. The molecular weight excluding hydrogens is 444 g/mol. The van der Waals surface area contributed by atoms with Crippen LogP contribution in [0.2, 0.25) is 0 Å². The number of thiophene rings is 1. The van der Waals surface area contributed by atoms with Crippen LogP contribution in [-0.4, -0.2) is 43.4 Å². The smallest absolute Gasteiger partial charge is 0.161 e. The van der Waals surface area contributed by atoms with Crippen LogP contribution in [0, 0.1) is 0 Å². The molecule has 4 rings (SSSR count). The van der Waals surface area contributed by atoms with E-state index in [9.17, 15) is 0 Å². The second-order valence-corrected chi connectivity index (χ2v) is 9.68. The summed E-state index contributed by atoms with van der Waals surface area (Å²) < 4.78 is 11.1. The molecule has 1 unspecified atom stereocenters. The van der Waals surface area contributed by atoms with Crippen LogP contribution in [0.3, 0.4) is 0 Å². The lowest BCUT2D eigenvalue weighted by molar-refractivity contribution is 0.356. The van der Waals surface area contributed by atoms with Crippen molar-refractivity contribution < 1.29 is 9.47 Å². The van der Waals surface area contributed by atoms with Gasteiger partial charge < -0.3 is 19.7 Å². The first-order valence-corrected chi connectivity index (χ1v) is 12.3. The number of hydrogen-bond donors (Lipinski definition) is 1. The molecule has 2 heterocycles. The zero-order chi connectivity index (χ0) is 24.2. The summed E-state index contributed by atoms with van der Waals surface area (Å²) in [5, 5.41) is 14.6. The van der Waals surface area contributed by atoms with Gasteiger partial charge in [-0.1, -0.05) is 31.2 Å². The minimum Gasteiger partial charge on any atom is -0.493 e. The maximum absolute atomic E-state index is 5.55. The summed E-state index contributed by atoms with van der Waals surface area (Å²) in [5.41, 5.74) is 3.55.